The predicted octanol–water partition coefficient (Wildman–Crippen LogP) is 5.10. The maximum absolute atomic E-state index is 11.0. The summed E-state index contributed by atoms with van der Waals surface area (Å²) in [6.07, 6.45) is 1.80. The number of rotatable bonds is 4. The normalized spacial score (nSPS) is 13.4. The number of aromatic nitrogens is 1. The number of pyridine rings is 1. The quantitative estimate of drug-likeness (QED) is 0.667. The molecule has 0 radical (unpaired) electrons. The summed E-state index contributed by atoms with van der Waals surface area (Å²) in [7, 11) is 0. The molecule has 3 heteroatoms. The van der Waals surface area contributed by atoms with Crippen LogP contribution in [0, 0.1) is 41.5 Å². The average Bonchev–Trinajstić information content (AvgIpc) is 2.60. The molecule has 0 spiro atoms. The van der Waals surface area contributed by atoms with Crippen molar-refractivity contribution in [2.24, 2.45) is 0 Å². The van der Waals surface area contributed by atoms with Crippen molar-refractivity contribution in [3.05, 3.63) is 98.4 Å². The first-order chi connectivity index (χ1) is 13.2. The van der Waals surface area contributed by atoms with Crippen molar-refractivity contribution in [1.82, 2.24) is 4.98 Å². The Morgan fingerprint density at radius 1 is 0.571 bits per heavy atom. The first-order valence-corrected chi connectivity index (χ1v) is 9.65. The summed E-state index contributed by atoms with van der Waals surface area (Å²) in [5, 5.41) is 22.1. The highest BCUT2D eigenvalue weighted by Crippen LogP contribution is 2.32. The zero-order valence-corrected chi connectivity index (χ0v) is 17.5. The summed E-state index contributed by atoms with van der Waals surface area (Å²) in [5.41, 5.74) is 9.77. The van der Waals surface area contributed by atoms with Crippen molar-refractivity contribution in [1.29, 1.82) is 0 Å². The van der Waals surface area contributed by atoms with Crippen molar-refractivity contribution >= 4 is 0 Å². The van der Waals surface area contributed by atoms with E-state index in [9.17, 15) is 10.2 Å². The van der Waals surface area contributed by atoms with Crippen LogP contribution in [0.15, 0.2) is 42.7 Å². The number of hydrogen-bond donors (Lipinski definition) is 2. The molecule has 0 aliphatic rings. The molecular formula is C25H29NO2. The number of aryl methyl sites for hydroxylation is 6. The lowest BCUT2D eigenvalue weighted by molar-refractivity contribution is 0.211. The lowest BCUT2D eigenvalue weighted by atomic mass is 9.89. The van der Waals surface area contributed by atoms with E-state index in [2.05, 4.69) is 43.1 Å². The number of hydrogen-bond acceptors (Lipinski definition) is 3. The van der Waals surface area contributed by atoms with E-state index >= 15 is 0 Å². The molecule has 2 N–H and O–H groups in total. The van der Waals surface area contributed by atoms with Crippen LogP contribution in [0.1, 0.15) is 67.8 Å². The van der Waals surface area contributed by atoms with Crippen LogP contribution in [0.4, 0.5) is 0 Å². The third kappa shape index (κ3) is 3.87. The Labute approximate surface area is 167 Å². The van der Waals surface area contributed by atoms with Gasteiger partial charge < -0.3 is 10.2 Å². The Bertz CT molecular complexity index is 898. The molecule has 3 rings (SSSR count). The topological polar surface area (TPSA) is 53.4 Å². The third-order valence-corrected chi connectivity index (χ3v) is 5.43. The van der Waals surface area contributed by atoms with E-state index in [1.54, 1.807) is 12.4 Å². The molecule has 1 aromatic heterocycles. The maximum atomic E-state index is 11.0. The number of nitrogens with zero attached hydrogens (tertiary/aromatic N) is 1. The first-order valence-electron chi connectivity index (χ1n) is 9.65. The van der Waals surface area contributed by atoms with Gasteiger partial charge in [0.1, 0.15) is 12.2 Å². The van der Waals surface area contributed by atoms with Gasteiger partial charge in [-0.15, -0.1) is 0 Å². The molecule has 28 heavy (non-hydrogen) atoms. The van der Waals surface area contributed by atoms with Gasteiger partial charge in [0, 0.05) is 23.5 Å². The maximum Gasteiger partial charge on any atom is 0.106 e. The summed E-state index contributed by atoms with van der Waals surface area (Å²) in [6.45, 7) is 12.2. The number of benzene rings is 2. The largest absolute Gasteiger partial charge is 0.384 e. The first kappa shape index (κ1) is 20.2. The van der Waals surface area contributed by atoms with E-state index in [4.69, 9.17) is 0 Å². The molecule has 2 atom stereocenters. The van der Waals surface area contributed by atoms with Gasteiger partial charge >= 0.3 is 0 Å². The van der Waals surface area contributed by atoms with Gasteiger partial charge in [0.25, 0.3) is 0 Å². The molecule has 3 nitrogen and oxygen atoms in total. The molecule has 2 unspecified atom stereocenters. The Kier molecular flexibility index (Phi) is 5.69. The van der Waals surface area contributed by atoms with Gasteiger partial charge in [0.15, 0.2) is 0 Å². The molecule has 1 heterocycles. The SMILES string of the molecule is Cc1cc(C)c(C(O)c2cncc(C(O)c3c(C)cc(C)cc3C)c2)c(C)c1. The van der Waals surface area contributed by atoms with Crippen molar-refractivity contribution in [2.75, 3.05) is 0 Å². The van der Waals surface area contributed by atoms with Gasteiger partial charge in [0.2, 0.25) is 0 Å². The van der Waals surface area contributed by atoms with Gasteiger partial charge in [-0.3, -0.25) is 4.98 Å². The highest BCUT2D eigenvalue weighted by atomic mass is 16.3. The van der Waals surface area contributed by atoms with Crippen LogP contribution in [0.3, 0.4) is 0 Å². The Morgan fingerprint density at radius 2 is 0.893 bits per heavy atom. The lowest BCUT2D eigenvalue weighted by Crippen LogP contribution is -2.09. The summed E-state index contributed by atoms with van der Waals surface area (Å²) in [5.74, 6) is 0. The van der Waals surface area contributed by atoms with Crippen molar-refractivity contribution < 1.29 is 10.2 Å². The molecule has 0 saturated carbocycles. The second-order valence-electron chi connectivity index (χ2n) is 7.98. The Balaban J connectivity index is 2.02. The van der Waals surface area contributed by atoms with Crippen molar-refractivity contribution in [3.8, 4) is 0 Å². The van der Waals surface area contributed by atoms with Crippen LogP contribution >= 0.6 is 0 Å². The van der Waals surface area contributed by atoms with E-state index in [1.807, 2.05) is 33.8 Å². The fourth-order valence-electron chi connectivity index (χ4n) is 4.35. The molecule has 0 aliphatic heterocycles. The fraction of sp³-hybridized carbons (Fsp3) is 0.320. The summed E-state index contributed by atoms with van der Waals surface area (Å²) in [4.78, 5) is 4.31. The molecule has 3 aromatic rings. The van der Waals surface area contributed by atoms with Crippen LogP contribution in [-0.2, 0) is 0 Å². The van der Waals surface area contributed by atoms with Gasteiger partial charge in [-0.2, -0.15) is 0 Å². The highest BCUT2D eigenvalue weighted by Gasteiger charge is 2.20. The van der Waals surface area contributed by atoms with E-state index in [0.29, 0.717) is 11.1 Å². The van der Waals surface area contributed by atoms with Crippen molar-refractivity contribution in [2.45, 2.75) is 53.8 Å². The molecule has 2 aromatic carbocycles. The lowest BCUT2D eigenvalue weighted by Gasteiger charge is -2.21. The van der Waals surface area contributed by atoms with Crippen LogP contribution in [-0.4, -0.2) is 15.2 Å². The van der Waals surface area contributed by atoms with E-state index < -0.39 is 12.2 Å². The van der Waals surface area contributed by atoms with Crippen LogP contribution in [0.2, 0.25) is 0 Å². The fourth-order valence-corrected chi connectivity index (χ4v) is 4.35. The summed E-state index contributed by atoms with van der Waals surface area (Å²) >= 11 is 0. The highest BCUT2D eigenvalue weighted by molar-refractivity contribution is 5.45. The zero-order valence-electron chi connectivity index (χ0n) is 17.5. The molecule has 146 valence electrons. The van der Waals surface area contributed by atoms with Gasteiger partial charge in [0.05, 0.1) is 0 Å². The molecule has 0 saturated heterocycles. The Hall–Kier alpha value is -2.49. The van der Waals surface area contributed by atoms with Crippen LogP contribution in [0.25, 0.3) is 0 Å². The molecule has 0 bridgehead atoms. The minimum Gasteiger partial charge on any atom is -0.384 e. The number of aliphatic hydroxyl groups excluding tert-OH is 2. The molecule has 0 fully saturated rings. The molecule has 0 amide bonds. The standard InChI is InChI=1S/C25H29NO2/c1-14-7-16(3)22(17(4)8-14)24(27)20-11-21(13-26-12-20)25(28)23-18(5)9-15(2)10-19(23)6/h7-13,24-25,27-28H,1-6H3. The molecule has 0 aliphatic carbocycles. The van der Waals surface area contributed by atoms with E-state index in [-0.39, 0.29) is 0 Å². The monoisotopic (exact) mass is 375 g/mol. The second kappa shape index (κ2) is 7.86. The smallest absolute Gasteiger partial charge is 0.106 e. The summed E-state index contributed by atoms with van der Waals surface area (Å²) < 4.78 is 0. The van der Waals surface area contributed by atoms with Crippen LogP contribution < -0.4 is 0 Å². The predicted molar refractivity (Wildman–Crippen MR) is 114 cm³/mol. The van der Waals surface area contributed by atoms with Crippen molar-refractivity contribution in [3.63, 3.8) is 0 Å². The second-order valence-corrected chi connectivity index (χ2v) is 7.98. The van der Waals surface area contributed by atoms with Gasteiger partial charge in [-0.05, 0) is 81.0 Å². The Morgan fingerprint density at radius 3 is 1.21 bits per heavy atom. The summed E-state index contributed by atoms with van der Waals surface area (Å²) in [6, 6.07) is 10.2. The minimum absolute atomic E-state index is 0.689. The van der Waals surface area contributed by atoms with E-state index in [1.165, 1.54) is 11.1 Å². The van der Waals surface area contributed by atoms with E-state index in [0.717, 1.165) is 33.4 Å². The third-order valence-electron chi connectivity index (χ3n) is 5.43. The number of aliphatic hydroxyl groups is 2. The van der Waals surface area contributed by atoms with Gasteiger partial charge in [-0.1, -0.05) is 35.4 Å². The van der Waals surface area contributed by atoms with Crippen LogP contribution in [0.5, 0.6) is 0 Å². The average molecular weight is 376 g/mol. The molecular weight excluding hydrogens is 346 g/mol. The zero-order chi connectivity index (χ0) is 20.6. The van der Waals surface area contributed by atoms with Gasteiger partial charge in [-0.25, -0.2) is 0 Å². The minimum atomic E-state index is -0.777.